The molecule has 2 aromatic rings. The molecule has 0 bridgehead atoms. The minimum atomic E-state index is -0.193. The van der Waals surface area contributed by atoms with Gasteiger partial charge < -0.3 is 15.2 Å². The number of hydrogen-bond donors (Lipinski definition) is 2. The van der Waals surface area contributed by atoms with Crippen molar-refractivity contribution in [2.45, 2.75) is 19.3 Å². The summed E-state index contributed by atoms with van der Waals surface area (Å²) in [6, 6.07) is 5.30. The maximum absolute atomic E-state index is 12.1. The highest BCUT2D eigenvalue weighted by molar-refractivity contribution is 7.19. The lowest BCUT2D eigenvalue weighted by Gasteiger charge is -2.22. The van der Waals surface area contributed by atoms with E-state index in [1.807, 2.05) is 6.07 Å². The van der Waals surface area contributed by atoms with Crippen LogP contribution in [0.4, 0.5) is 0 Å². The Labute approximate surface area is 138 Å². The average molecular weight is 340 g/mol. The van der Waals surface area contributed by atoms with Crippen LogP contribution in [0.25, 0.3) is 10.6 Å². The molecule has 1 aliphatic heterocycles. The Bertz CT molecular complexity index is 634. The number of rotatable bonds is 5. The molecule has 0 saturated carbocycles. The SMILES string of the molecule is O=C(NCCC1CCCNC1)c1cc(-c2ccc(Cl)s2)on1. The van der Waals surface area contributed by atoms with Gasteiger partial charge in [0.1, 0.15) is 0 Å². The van der Waals surface area contributed by atoms with E-state index < -0.39 is 0 Å². The first-order chi connectivity index (χ1) is 10.7. The first-order valence-corrected chi connectivity index (χ1v) is 8.63. The van der Waals surface area contributed by atoms with E-state index in [1.54, 1.807) is 12.1 Å². The van der Waals surface area contributed by atoms with Crippen LogP contribution in [0.15, 0.2) is 22.7 Å². The molecule has 5 nitrogen and oxygen atoms in total. The molecule has 0 radical (unpaired) electrons. The van der Waals surface area contributed by atoms with Crippen LogP contribution in [0.5, 0.6) is 0 Å². The summed E-state index contributed by atoms with van der Waals surface area (Å²) in [6.45, 7) is 2.82. The van der Waals surface area contributed by atoms with Crippen molar-refractivity contribution < 1.29 is 9.32 Å². The fourth-order valence-corrected chi connectivity index (χ4v) is 3.59. The molecule has 22 heavy (non-hydrogen) atoms. The number of aromatic nitrogens is 1. The molecular formula is C15H18ClN3O2S. The number of halogens is 1. The van der Waals surface area contributed by atoms with Gasteiger partial charge in [0.05, 0.1) is 9.21 Å². The standard InChI is InChI=1S/C15H18ClN3O2S/c16-14-4-3-13(22-14)12-8-11(19-21-12)15(20)18-7-5-10-2-1-6-17-9-10/h3-4,8,10,17H,1-2,5-7,9H2,(H,18,20). The molecule has 3 rings (SSSR count). The maximum Gasteiger partial charge on any atom is 0.273 e. The zero-order chi connectivity index (χ0) is 15.4. The summed E-state index contributed by atoms with van der Waals surface area (Å²) in [4.78, 5) is 12.9. The minimum Gasteiger partial charge on any atom is -0.355 e. The van der Waals surface area contributed by atoms with Crippen molar-refractivity contribution in [1.29, 1.82) is 0 Å². The molecule has 1 unspecified atom stereocenters. The van der Waals surface area contributed by atoms with Gasteiger partial charge in [0.2, 0.25) is 0 Å². The fraction of sp³-hybridized carbons (Fsp3) is 0.467. The van der Waals surface area contributed by atoms with Crippen molar-refractivity contribution in [2.75, 3.05) is 19.6 Å². The summed E-state index contributed by atoms with van der Waals surface area (Å²) in [5, 5.41) is 10.1. The van der Waals surface area contributed by atoms with E-state index in [4.69, 9.17) is 16.1 Å². The van der Waals surface area contributed by atoms with Crippen LogP contribution >= 0.6 is 22.9 Å². The molecule has 7 heteroatoms. The van der Waals surface area contributed by atoms with E-state index >= 15 is 0 Å². The third-order valence-electron chi connectivity index (χ3n) is 3.80. The predicted molar refractivity (Wildman–Crippen MR) is 87.4 cm³/mol. The Morgan fingerprint density at radius 2 is 2.45 bits per heavy atom. The predicted octanol–water partition coefficient (Wildman–Crippen LogP) is 3.18. The van der Waals surface area contributed by atoms with E-state index in [0.717, 1.165) is 24.4 Å². The summed E-state index contributed by atoms with van der Waals surface area (Å²) in [5.41, 5.74) is 0.307. The van der Waals surface area contributed by atoms with Gasteiger partial charge in [0.25, 0.3) is 5.91 Å². The third kappa shape index (κ3) is 3.88. The number of thiophene rings is 1. The molecule has 0 aliphatic carbocycles. The van der Waals surface area contributed by atoms with Gasteiger partial charge in [-0.3, -0.25) is 4.79 Å². The molecule has 1 atom stereocenters. The molecule has 118 valence electrons. The number of nitrogens with zero attached hydrogens (tertiary/aromatic N) is 1. The normalized spacial score (nSPS) is 18.3. The Balaban J connectivity index is 1.51. The lowest BCUT2D eigenvalue weighted by Crippen LogP contribution is -2.33. The first kappa shape index (κ1) is 15.5. The smallest absolute Gasteiger partial charge is 0.273 e. The Hall–Kier alpha value is -1.37. The van der Waals surface area contributed by atoms with Crippen LogP contribution in [0.3, 0.4) is 0 Å². The van der Waals surface area contributed by atoms with Gasteiger partial charge >= 0.3 is 0 Å². The Morgan fingerprint density at radius 3 is 3.18 bits per heavy atom. The number of hydrogen-bond acceptors (Lipinski definition) is 5. The van der Waals surface area contributed by atoms with Gasteiger partial charge in [-0.15, -0.1) is 11.3 Å². The van der Waals surface area contributed by atoms with Gasteiger partial charge in [-0.1, -0.05) is 16.8 Å². The van der Waals surface area contributed by atoms with Gasteiger partial charge in [0.15, 0.2) is 11.5 Å². The highest BCUT2D eigenvalue weighted by atomic mass is 35.5. The Morgan fingerprint density at radius 1 is 1.55 bits per heavy atom. The zero-order valence-electron chi connectivity index (χ0n) is 12.1. The third-order valence-corrected chi connectivity index (χ3v) is 5.04. The molecule has 0 spiro atoms. The minimum absolute atomic E-state index is 0.193. The largest absolute Gasteiger partial charge is 0.355 e. The van der Waals surface area contributed by atoms with Crippen LogP contribution in [0.1, 0.15) is 29.8 Å². The van der Waals surface area contributed by atoms with Gasteiger partial charge in [-0.25, -0.2) is 0 Å². The van der Waals surface area contributed by atoms with Crippen LogP contribution in [-0.4, -0.2) is 30.7 Å². The molecule has 3 heterocycles. The quantitative estimate of drug-likeness (QED) is 0.878. The second-order valence-electron chi connectivity index (χ2n) is 5.44. The summed E-state index contributed by atoms with van der Waals surface area (Å²) in [6.07, 6.45) is 3.44. The van der Waals surface area contributed by atoms with Crippen molar-refractivity contribution in [3.8, 4) is 10.6 Å². The lowest BCUT2D eigenvalue weighted by molar-refractivity contribution is 0.0941. The van der Waals surface area contributed by atoms with Crippen LogP contribution in [-0.2, 0) is 0 Å². The van der Waals surface area contributed by atoms with E-state index in [9.17, 15) is 4.79 Å². The second-order valence-corrected chi connectivity index (χ2v) is 7.15. The number of carbonyl (C=O) groups excluding carboxylic acids is 1. The van der Waals surface area contributed by atoms with E-state index in [-0.39, 0.29) is 5.91 Å². The number of amides is 1. The summed E-state index contributed by atoms with van der Waals surface area (Å²) >= 11 is 7.29. The molecule has 1 fully saturated rings. The van der Waals surface area contributed by atoms with Crippen LogP contribution < -0.4 is 10.6 Å². The second kappa shape index (κ2) is 7.26. The summed E-state index contributed by atoms with van der Waals surface area (Å²) < 4.78 is 5.89. The van der Waals surface area contributed by atoms with E-state index in [2.05, 4.69) is 15.8 Å². The summed E-state index contributed by atoms with van der Waals surface area (Å²) in [7, 11) is 0. The average Bonchev–Trinajstić information content (AvgIpc) is 3.17. The molecular weight excluding hydrogens is 322 g/mol. The molecule has 1 aliphatic rings. The number of carbonyl (C=O) groups is 1. The van der Waals surface area contributed by atoms with Crippen molar-refractivity contribution in [3.05, 3.63) is 28.2 Å². The van der Waals surface area contributed by atoms with Gasteiger partial charge in [-0.2, -0.15) is 0 Å². The lowest BCUT2D eigenvalue weighted by atomic mass is 9.96. The maximum atomic E-state index is 12.1. The van der Waals surface area contributed by atoms with Crippen molar-refractivity contribution in [1.82, 2.24) is 15.8 Å². The van der Waals surface area contributed by atoms with E-state index in [1.165, 1.54) is 24.2 Å². The fourth-order valence-electron chi connectivity index (χ4n) is 2.60. The highest BCUT2D eigenvalue weighted by Crippen LogP contribution is 2.31. The highest BCUT2D eigenvalue weighted by Gasteiger charge is 2.16. The van der Waals surface area contributed by atoms with Gasteiger partial charge in [0, 0.05) is 12.6 Å². The molecule has 0 aromatic carbocycles. The Kier molecular flexibility index (Phi) is 5.12. The zero-order valence-corrected chi connectivity index (χ0v) is 13.7. The molecule has 1 amide bonds. The van der Waals surface area contributed by atoms with Crippen molar-refractivity contribution >= 4 is 28.8 Å². The molecule has 2 aromatic heterocycles. The molecule has 2 N–H and O–H groups in total. The van der Waals surface area contributed by atoms with Crippen LogP contribution in [0, 0.1) is 5.92 Å². The van der Waals surface area contributed by atoms with E-state index in [0.29, 0.717) is 28.3 Å². The first-order valence-electron chi connectivity index (χ1n) is 7.44. The van der Waals surface area contributed by atoms with Gasteiger partial charge in [-0.05, 0) is 50.4 Å². The topological polar surface area (TPSA) is 67.2 Å². The number of piperidine rings is 1. The van der Waals surface area contributed by atoms with Crippen molar-refractivity contribution in [3.63, 3.8) is 0 Å². The molecule has 1 saturated heterocycles. The monoisotopic (exact) mass is 339 g/mol. The van der Waals surface area contributed by atoms with Crippen molar-refractivity contribution in [2.24, 2.45) is 5.92 Å². The van der Waals surface area contributed by atoms with Crippen LogP contribution in [0.2, 0.25) is 4.34 Å². The summed E-state index contributed by atoms with van der Waals surface area (Å²) in [5.74, 6) is 1.02. The number of nitrogens with one attached hydrogen (secondary N) is 2.